The van der Waals surface area contributed by atoms with Crippen LogP contribution in [0.5, 0.6) is 0 Å². The van der Waals surface area contributed by atoms with Gasteiger partial charge in [-0.25, -0.2) is 0 Å². The molecule has 0 aliphatic heterocycles. The average molecular weight is 208 g/mol. The van der Waals surface area contributed by atoms with Gasteiger partial charge in [0, 0.05) is 16.4 Å². The zero-order chi connectivity index (χ0) is 10.6. The fraction of sp³-hybridized carbons (Fsp3) is 0.417. The average Bonchev–Trinajstić information content (AvgIpc) is 2.18. The second-order valence-corrected chi connectivity index (χ2v) is 4.81. The number of ketones is 1. The maximum absolute atomic E-state index is 11.6. The fourth-order valence-electron chi connectivity index (χ4n) is 1.22. The van der Waals surface area contributed by atoms with Gasteiger partial charge in [-0.2, -0.15) is 0 Å². The van der Waals surface area contributed by atoms with Crippen LogP contribution in [-0.4, -0.2) is 11.5 Å². The summed E-state index contributed by atoms with van der Waals surface area (Å²) in [6.07, 6.45) is 0. The fourth-order valence-corrected chi connectivity index (χ4v) is 1.88. The summed E-state index contributed by atoms with van der Waals surface area (Å²) in [5.74, 6) is 1.37. The normalized spacial score (nSPS) is 10.6. The molecule has 0 aliphatic rings. The van der Waals surface area contributed by atoms with Crippen molar-refractivity contribution in [3.63, 3.8) is 0 Å². The number of Topliss-reactive ketones (excluding diaryl/α,β-unsaturated/α-hetero) is 1. The summed E-state index contributed by atoms with van der Waals surface area (Å²) in [4.78, 5) is 12.8. The van der Waals surface area contributed by atoms with Crippen molar-refractivity contribution in [1.29, 1.82) is 0 Å². The Morgan fingerprint density at radius 2 is 1.86 bits per heavy atom. The summed E-state index contributed by atoms with van der Waals surface area (Å²) in [7, 11) is 0. The maximum atomic E-state index is 11.6. The van der Waals surface area contributed by atoms with Crippen LogP contribution in [0.15, 0.2) is 29.2 Å². The maximum Gasteiger partial charge on any atom is 0.165 e. The van der Waals surface area contributed by atoms with E-state index in [2.05, 4.69) is 6.92 Å². The van der Waals surface area contributed by atoms with Crippen LogP contribution >= 0.6 is 11.8 Å². The van der Waals surface area contributed by atoms with E-state index >= 15 is 0 Å². The van der Waals surface area contributed by atoms with Crippen molar-refractivity contribution in [2.75, 3.05) is 5.75 Å². The quantitative estimate of drug-likeness (QED) is 0.555. The molecule has 76 valence electrons. The number of thioether (sulfide) groups is 1. The second-order valence-electron chi connectivity index (χ2n) is 3.48. The molecule has 0 aromatic heterocycles. The third-order valence-electron chi connectivity index (χ3n) is 1.97. The minimum Gasteiger partial charge on any atom is -0.294 e. The third-order valence-corrected chi connectivity index (χ3v) is 2.87. The largest absolute Gasteiger partial charge is 0.294 e. The van der Waals surface area contributed by atoms with Gasteiger partial charge in [0.1, 0.15) is 0 Å². The number of hydrogen-bond donors (Lipinski definition) is 0. The molecule has 0 atom stereocenters. The summed E-state index contributed by atoms with van der Waals surface area (Å²) in [6.45, 7) is 5.98. The van der Waals surface area contributed by atoms with E-state index in [0.29, 0.717) is 0 Å². The van der Waals surface area contributed by atoms with Gasteiger partial charge in [-0.05, 0) is 17.9 Å². The van der Waals surface area contributed by atoms with Crippen molar-refractivity contribution in [3.05, 3.63) is 29.8 Å². The third kappa shape index (κ3) is 2.88. The number of rotatable bonds is 4. The van der Waals surface area contributed by atoms with Gasteiger partial charge < -0.3 is 0 Å². The lowest BCUT2D eigenvalue weighted by molar-refractivity contribution is 0.0939. The van der Waals surface area contributed by atoms with Crippen LogP contribution < -0.4 is 0 Å². The first kappa shape index (κ1) is 11.3. The van der Waals surface area contributed by atoms with E-state index in [1.807, 2.05) is 38.1 Å². The zero-order valence-electron chi connectivity index (χ0n) is 8.91. The van der Waals surface area contributed by atoms with E-state index in [1.165, 1.54) is 4.90 Å². The molecule has 0 unspecified atom stereocenters. The van der Waals surface area contributed by atoms with Crippen molar-refractivity contribution < 1.29 is 4.79 Å². The Balaban J connectivity index is 2.78. The molecule has 14 heavy (non-hydrogen) atoms. The van der Waals surface area contributed by atoms with E-state index < -0.39 is 0 Å². The lowest BCUT2D eigenvalue weighted by atomic mass is 10.0. The van der Waals surface area contributed by atoms with Gasteiger partial charge in [-0.3, -0.25) is 4.79 Å². The van der Waals surface area contributed by atoms with E-state index in [0.717, 1.165) is 11.3 Å². The van der Waals surface area contributed by atoms with Crippen molar-refractivity contribution in [2.45, 2.75) is 25.7 Å². The van der Waals surface area contributed by atoms with Gasteiger partial charge in [0.15, 0.2) is 5.78 Å². The molecule has 0 bridgehead atoms. The molecule has 0 saturated carbocycles. The van der Waals surface area contributed by atoms with E-state index in [-0.39, 0.29) is 11.7 Å². The Morgan fingerprint density at radius 1 is 1.29 bits per heavy atom. The Morgan fingerprint density at radius 3 is 2.29 bits per heavy atom. The topological polar surface area (TPSA) is 17.1 Å². The molecule has 0 aliphatic carbocycles. The Hall–Kier alpha value is -0.760. The van der Waals surface area contributed by atoms with Crippen molar-refractivity contribution in [2.24, 2.45) is 5.92 Å². The summed E-state index contributed by atoms with van der Waals surface area (Å²) >= 11 is 1.79. The second kappa shape index (κ2) is 5.20. The van der Waals surface area contributed by atoms with Crippen LogP contribution in [0.1, 0.15) is 31.1 Å². The van der Waals surface area contributed by atoms with Gasteiger partial charge >= 0.3 is 0 Å². The van der Waals surface area contributed by atoms with Gasteiger partial charge in [0.2, 0.25) is 0 Å². The van der Waals surface area contributed by atoms with Crippen LogP contribution in [0.4, 0.5) is 0 Å². The smallest absolute Gasteiger partial charge is 0.165 e. The van der Waals surface area contributed by atoms with Crippen molar-refractivity contribution >= 4 is 17.5 Å². The standard InChI is InChI=1S/C12H16OS/c1-4-14-11-7-5-10(6-8-11)12(13)9(2)3/h5-9H,4H2,1-3H3. The molecule has 1 aromatic rings. The zero-order valence-corrected chi connectivity index (χ0v) is 9.73. The highest BCUT2D eigenvalue weighted by Gasteiger charge is 2.09. The van der Waals surface area contributed by atoms with E-state index in [1.54, 1.807) is 11.8 Å². The van der Waals surface area contributed by atoms with Crippen molar-refractivity contribution in [3.8, 4) is 0 Å². The Kier molecular flexibility index (Phi) is 4.21. The molecule has 1 nitrogen and oxygen atoms in total. The SMILES string of the molecule is CCSc1ccc(C(=O)C(C)C)cc1. The number of carbonyl (C=O) groups excluding carboxylic acids is 1. The summed E-state index contributed by atoms with van der Waals surface area (Å²) in [5.41, 5.74) is 0.820. The van der Waals surface area contributed by atoms with Crippen LogP contribution in [0.3, 0.4) is 0 Å². The predicted molar refractivity (Wildman–Crippen MR) is 62.0 cm³/mol. The molecule has 0 spiro atoms. The Labute approximate surface area is 89.9 Å². The molecule has 2 heteroatoms. The molecule has 1 aromatic carbocycles. The molecule has 1 rings (SSSR count). The lowest BCUT2D eigenvalue weighted by Crippen LogP contribution is -2.06. The summed E-state index contributed by atoms with van der Waals surface area (Å²) in [6, 6.07) is 7.87. The highest BCUT2D eigenvalue weighted by Crippen LogP contribution is 2.18. The van der Waals surface area contributed by atoms with Gasteiger partial charge in [-0.15, -0.1) is 11.8 Å². The van der Waals surface area contributed by atoms with E-state index in [9.17, 15) is 4.79 Å². The number of hydrogen-bond acceptors (Lipinski definition) is 2. The van der Waals surface area contributed by atoms with Gasteiger partial charge in [0.05, 0.1) is 0 Å². The minimum atomic E-state index is 0.0830. The highest BCUT2D eigenvalue weighted by molar-refractivity contribution is 7.99. The predicted octanol–water partition coefficient (Wildman–Crippen LogP) is 3.64. The summed E-state index contributed by atoms with van der Waals surface area (Å²) < 4.78 is 0. The first-order valence-electron chi connectivity index (χ1n) is 4.92. The monoisotopic (exact) mass is 208 g/mol. The van der Waals surface area contributed by atoms with Crippen LogP contribution in [0, 0.1) is 5.92 Å². The molecule has 0 radical (unpaired) electrons. The van der Waals surface area contributed by atoms with Gasteiger partial charge in [0.25, 0.3) is 0 Å². The first-order valence-corrected chi connectivity index (χ1v) is 5.90. The Bertz CT molecular complexity index is 301. The van der Waals surface area contributed by atoms with Crippen LogP contribution in [0.25, 0.3) is 0 Å². The van der Waals surface area contributed by atoms with E-state index in [4.69, 9.17) is 0 Å². The summed E-state index contributed by atoms with van der Waals surface area (Å²) in [5, 5.41) is 0. The molecule has 0 heterocycles. The molecule has 0 N–H and O–H groups in total. The highest BCUT2D eigenvalue weighted by atomic mass is 32.2. The first-order chi connectivity index (χ1) is 6.65. The number of carbonyl (C=O) groups is 1. The minimum absolute atomic E-state index is 0.0830. The van der Waals surface area contributed by atoms with Crippen molar-refractivity contribution in [1.82, 2.24) is 0 Å². The molecule has 0 saturated heterocycles. The molecule has 0 fully saturated rings. The number of benzene rings is 1. The molecular weight excluding hydrogens is 192 g/mol. The van der Waals surface area contributed by atoms with Gasteiger partial charge in [-0.1, -0.05) is 32.9 Å². The van der Waals surface area contributed by atoms with Crippen LogP contribution in [0.2, 0.25) is 0 Å². The molecular formula is C12H16OS. The van der Waals surface area contributed by atoms with Crippen LogP contribution in [-0.2, 0) is 0 Å². The lowest BCUT2D eigenvalue weighted by Gasteiger charge is -2.04. The molecule has 0 amide bonds.